The van der Waals surface area contributed by atoms with Crippen LogP contribution in [0.4, 0.5) is 4.79 Å². The van der Waals surface area contributed by atoms with Gasteiger partial charge < -0.3 is 15.0 Å². The molecule has 122 valence electrons. The molecule has 1 saturated carbocycles. The molecule has 1 aromatic rings. The number of ether oxygens (including phenoxy) is 1. The molecular formula is C17H26N2O2S. The van der Waals surface area contributed by atoms with Gasteiger partial charge in [-0.15, -0.1) is 11.3 Å². The van der Waals surface area contributed by atoms with Gasteiger partial charge in [-0.05, 0) is 63.5 Å². The van der Waals surface area contributed by atoms with Crippen molar-refractivity contribution in [1.82, 2.24) is 10.2 Å². The zero-order valence-electron chi connectivity index (χ0n) is 14.1. The Kier molecular flexibility index (Phi) is 3.98. The van der Waals surface area contributed by atoms with E-state index >= 15 is 0 Å². The highest BCUT2D eigenvalue weighted by Crippen LogP contribution is 2.47. The molecule has 22 heavy (non-hydrogen) atoms. The SMILES string of the molecule is Cc1ccsc1C(C)NC1C2CN(C(=O)OC(C)(C)C)CC21. The molecule has 4 nitrogen and oxygen atoms in total. The number of carbonyl (C=O) groups excluding carboxylic acids is 1. The van der Waals surface area contributed by atoms with Crippen molar-refractivity contribution in [2.24, 2.45) is 11.8 Å². The van der Waals surface area contributed by atoms with Crippen molar-refractivity contribution in [3.05, 3.63) is 21.9 Å². The first-order valence-electron chi connectivity index (χ1n) is 8.04. The molecule has 2 heterocycles. The summed E-state index contributed by atoms with van der Waals surface area (Å²) in [5.74, 6) is 1.19. The van der Waals surface area contributed by atoms with E-state index in [1.165, 1.54) is 10.4 Å². The number of rotatable bonds is 3. The molecule has 0 aromatic carbocycles. The van der Waals surface area contributed by atoms with Crippen LogP contribution in [0.5, 0.6) is 0 Å². The van der Waals surface area contributed by atoms with Gasteiger partial charge in [-0.25, -0.2) is 4.79 Å². The van der Waals surface area contributed by atoms with Crippen molar-refractivity contribution in [2.45, 2.75) is 52.3 Å². The topological polar surface area (TPSA) is 41.6 Å². The third-order valence-corrected chi connectivity index (χ3v) is 5.78. The normalized spacial score (nSPS) is 28.4. The van der Waals surface area contributed by atoms with Gasteiger partial charge in [0, 0.05) is 30.1 Å². The summed E-state index contributed by atoms with van der Waals surface area (Å²) in [5, 5.41) is 5.89. The number of fused-ring (bicyclic) bond motifs is 1. The number of amides is 1. The summed E-state index contributed by atoms with van der Waals surface area (Å²) in [4.78, 5) is 15.4. The Labute approximate surface area is 136 Å². The van der Waals surface area contributed by atoms with Crippen LogP contribution < -0.4 is 5.32 Å². The molecule has 0 bridgehead atoms. The van der Waals surface area contributed by atoms with Gasteiger partial charge in [0.05, 0.1) is 0 Å². The minimum absolute atomic E-state index is 0.166. The number of nitrogens with zero attached hydrogens (tertiary/aromatic N) is 1. The quantitative estimate of drug-likeness (QED) is 0.925. The third kappa shape index (κ3) is 3.15. The fourth-order valence-corrected chi connectivity index (χ4v) is 4.39. The van der Waals surface area contributed by atoms with Crippen molar-refractivity contribution in [3.8, 4) is 0 Å². The molecule has 3 atom stereocenters. The van der Waals surface area contributed by atoms with E-state index in [0.29, 0.717) is 23.9 Å². The zero-order chi connectivity index (χ0) is 16.1. The molecule has 2 aliphatic rings. The van der Waals surface area contributed by atoms with Crippen LogP contribution in [-0.4, -0.2) is 35.7 Å². The summed E-state index contributed by atoms with van der Waals surface area (Å²) in [5.41, 5.74) is 0.957. The summed E-state index contributed by atoms with van der Waals surface area (Å²) in [6, 6.07) is 3.12. The van der Waals surface area contributed by atoms with Crippen LogP contribution in [0.1, 0.15) is 44.2 Å². The van der Waals surface area contributed by atoms with Crippen molar-refractivity contribution >= 4 is 17.4 Å². The third-order valence-electron chi connectivity index (χ3n) is 4.58. The van der Waals surface area contributed by atoms with Gasteiger partial charge in [0.25, 0.3) is 0 Å². The number of hydrogen-bond acceptors (Lipinski definition) is 4. The van der Waals surface area contributed by atoms with E-state index in [9.17, 15) is 4.79 Å². The van der Waals surface area contributed by atoms with Gasteiger partial charge in [-0.3, -0.25) is 0 Å². The summed E-state index contributed by atoms with van der Waals surface area (Å²) in [7, 11) is 0. The lowest BCUT2D eigenvalue weighted by atomic mass is 10.2. The molecule has 0 spiro atoms. The Balaban J connectivity index is 1.49. The first-order chi connectivity index (χ1) is 10.3. The van der Waals surface area contributed by atoms with Crippen LogP contribution in [0.15, 0.2) is 11.4 Å². The van der Waals surface area contributed by atoms with Gasteiger partial charge in [-0.1, -0.05) is 0 Å². The Morgan fingerprint density at radius 3 is 2.55 bits per heavy atom. The number of piperidine rings is 1. The Bertz CT molecular complexity index is 551. The molecule has 1 aliphatic heterocycles. The standard InChI is InChI=1S/C17H26N2O2S/c1-10-6-7-22-15(10)11(2)18-14-12-8-19(9-13(12)14)16(20)21-17(3,4)5/h6-7,11-14,18H,8-9H2,1-5H3. The Hall–Kier alpha value is -1.07. The zero-order valence-corrected chi connectivity index (χ0v) is 14.9. The summed E-state index contributed by atoms with van der Waals surface area (Å²) in [6.45, 7) is 11.8. The predicted molar refractivity (Wildman–Crippen MR) is 89.2 cm³/mol. The van der Waals surface area contributed by atoms with Crippen LogP contribution in [-0.2, 0) is 4.74 Å². The van der Waals surface area contributed by atoms with Crippen LogP contribution in [0, 0.1) is 18.8 Å². The molecule has 3 rings (SSSR count). The van der Waals surface area contributed by atoms with Crippen molar-refractivity contribution < 1.29 is 9.53 Å². The van der Waals surface area contributed by atoms with Crippen LogP contribution in [0.3, 0.4) is 0 Å². The largest absolute Gasteiger partial charge is 0.444 e. The van der Waals surface area contributed by atoms with E-state index in [4.69, 9.17) is 4.74 Å². The highest BCUT2D eigenvalue weighted by Gasteiger charge is 2.57. The minimum Gasteiger partial charge on any atom is -0.444 e. The average Bonchev–Trinajstić information content (AvgIpc) is 2.82. The van der Waals surface area contributed by atoms with Gasteiger partial charge in [0.15, 0.2) is 0 Å². The maximum absolute atomic E-state index is 12.1. The highest BCUT2D eigenvalue weighted by atomic mass is 32.1. The summed E-state index contributed by atoms with van der Waals surface area (Å²) in [6.07, 6.45) is -0.166. The second-order valence-corrected chi connectivity index (χ2v) is 8.54. The van der Waals surface area contributed by atoms with E-state index in [-0.39, 0.29) is 6.09 Å². The number of likely N-dealkylation sites (tertiary alicyclic amines) is 1. The molecule has 1 amide bonds. The van der Waals surface area contributed by atoms with Gasteiger partial charge in [-0.2, -0.15) is 0 Å². The number of hydrogen-bond donors (Lipinski definition) is 1. The molecule has 1 aliphatic carbocycles. The predicted octanol–water partition coefficient (Wildman–Crippen LogP) is 3.57. The molecule has 3 unspecified atom stereocenters. The maximum atomic E-state index is 12.1. The van der Waals surface area contributed by atoms with E-state index in [1.807, 2.05) is 37.0 Å². The molecular weight excluding hydrogens is 296 g/mol. The van der Waals surface area contributed by atoms with Crippen molar-refractivity contribution in [3.63, 3.8) is 0 Å². The lowest BCUT2D eigenvalue weighted by molar-refractivity contribution is 0.0269. The molecule has 1 aromatic heterocycles. The summed E-state index contributed by atoms with van der Waals surface area (Å²) < 4.78 is 5.45. The van der Waals surface area contributed by atoms with E-state index in [0.717, 1.165) is 13.1 Å². The minimum atomic E-state index is -0.410. The van der Waals surface area contributed by atoms with Crippen molar-refractivity contribution in [1.29, 1.82) is 0 Å². The van der Waals surface area contributed by atoms with Crippen LogP contribution >= 0.6 is 11.3 Å². The molecule has 1 saturated heterocycles. The number of aryl methyl sites for hydroxylation is 1. The molecule has 1 N–H and O–H groups in total. The lowest BCUT2D eigenvalue weighted by Crippen LogP contribution is -2.39. The monoisotopic (exact) mass is 322 g/mol. The second kappa shape index (κ2) is 5.53. The first kappa shape index (κ1) is 15.8. The smallest absolute Gasteiger partial charge is 0.410 e. The first-order valence-corrected chi connectivity index (χ1v) is 8.92. The molecule has 2 fully saturated rings. The van der Waals surface area contributed by atoms with E-state index in [1.54, 1.807) is 0 Å². The van der Waals surface area contributed by atoms with Crippen LogP contribution in [0.25, 0.3) is 0 Å². The van der Waals surface area contributed by atoms with Gasteiger partial charge in [0.1, 0.15) is 5.60 Å². The van der Waals surface area contributed by atoms with Gasteiger partial charge >= 0.3 is 6.09 Å². The van der Waals surface area contributed by atoms with Crippen molar-refractivity contribution in [2.75, 3.05) is 13.1 Å². The van der Waals surface area contributed by atoms with Gasteiger partial charge in [0.2, 0.25) is 0 Å². The van der Waals surface area contributed by atoms with E-state index in [2.05, 4.69) is 30.6 Å². The molecule has 5 heteroatoms. The molecule has 0 radical (unpaired) electrons. The number of carbonyl (C=O) groups is 1. The number of nitrogens with one attached hydrogen (secondary N) is 1. The van der Waals surface area contributed by atoms with Crippen LogP contribution in [0.2, 0.25) is 0 Å². The average molecular weight is 322 g/mol. The Morgan fingerprint density at radius 1 is 1.41 bits per heavy atom. The summed E-state index contributed by atoms with van der Waals surface area (Å²) >= 11 is 1.82. The fourth-order valence-electron chi connectivity index (χ4n) is 3.44. The maximum Gasteiger partial charge on any atom is 0.410 e. The highest BCUT2D eigenvalue weighted by molar-refractivity contribution is 7.10. The van der Waals surface area contributed by atoms with E-state index < -0.39 is 5.60 Å². The second-order valence-electron chi connectivity index (χ2n) is 7.60. The Morgan fingerprint density at radius 2 is 2.05 bits per heavy atom. The fraction of sp³-hybridized carbons (Fsp3) is 0.706. The lowest BCUT2D eigenvalue weighted by Gasteiger charge is -2.26. The number of thiophene rings is 1.